The van der Waals surface area contributed by atoms with Gasteiger partial charge in [0.2, 0.25) is 0 Å². The lowest BCUT2D eigenvalue weighted by molar-refractivity contribution is 0.0973. The molecular weight excluding hydrogens is 317 g/mol. The van der Waals surface area contributed by atoms with Gasteiger partial charge < -0.3 is 4.42 Å². The number of fused-ring (bicyclic) bond motifs is 3. The molecule has 0 unspecified atom stereocenters. The van der Waals surface area contributed by atoms with Crippen LogP contribution in [-0.4, -0.2) is 23.8 Å². The molecule has 0 bridgehead atoms. The largest absolute Gasteiger partial charge is 0.461 e. The van der Waals surface area contributed by atoms with Crippen LogP contribution in [0.2, 0.25) is 0 Å². The van der Waals surface area contributed by atoms with Crippen LogP contribution < -0.4 is 0 Å². The van der Waals surface area contributed by atoms with Crippen LogP contribution >= 0.6 is 0 Å². The van der Waals surface area contributed by atoms with E-state index < -0.39 is 0 Å². The van der Waals surface area contributed by atoms with Crippen molar-refractivity contribution in [2.75, 3.05) is 13.1 Å². The average molecular weight is 337 g/mol. The van der Waals surface area contributed by atoms with Gasteiger partial charge in [-0.1, -0.05) is 18.2 Å². The molecule has 0 aliphatic carbocycles. The summed E-state index contributed by atoms with van der Waals surface area (Å²) in [6.07, 6.45) is 2.21. The van der Waals surface area contributed by atoms with Crippen molar-refractivity contribution >= 4 is 16.8 Å². The van der Waals surface area contributed by atoms with Crippen LogP contribution in [0.1, 0.15) is 34.5 Å². The number of hydrogen-bond donors (Lipinski definition) is 0. The van der Waals surface area contributed by atoms with E-state index in [1.54, 1.807) is 12.1 Å². The van der Waals surface area contributed by atoms with Gasteiger partial charge in [0.1, 0.15) is 17.2 Å². The second-order valence-corrected chi connectivity index (χ2v) is 6.56. The maximum atomic E-state index is 12.9. The number of nitrogens with zero attached hydrogens (tertiary/aromatic N) is 1. The number of ketones is 1. The molecule has 0 saturated heterocycles. The summed E-state index contributed by atoms with van der Waals surface area (Å²) in [4.78, 5) is 14.6. The summed E-state index contributed by atoms with van der Waals surface area (Å²) in [5.74, 6) is 0.860. The van der Waals surface area contributed by atoms with Gasteiger partial charge in [-0.15, -0.1) is 0 Å². The highest BCUT2D eigenvalue weighted by molar-refractivity contribution is 5.95. The summed E-state index contributed by atoms with van der Waals surface area (Å²) in [6, 6.07) is 13.9. The number of benzene rings is 2. The maximum Gasteiger partial charge on any atom is 0.162 e. The highest BCUT2D eigenvalue weighted by atomic mass is 19.1. The van der Waals surface area contributed by atoms with Crippen molar-refractivity contribution in [2.24, 2.45) is 0 Å². The molecule has 1 aliphatic rings. The van der Waals surface area contributed by atoms with E-state index in [0.29, 0.717) is 12.0 Å². The lowest BCUT2D eigenvalue weighted by Gasteiger charge is -2.26. The van der Waals surface area contributed by atoms with Crippen LogP contribution in [0, 0.1) is 5.82 Å². The Morgan fingerprint density at radius 3 is 2.76 bits per heavy atom. The van der Waals surface area contributed by atoms with Crippen LogP contribution in [0.3, 0.4) is 0 Å². The zero-order chi connectivity index (χ0) is 17.2. The Bertz CT molecular complexity index is 898. The fourth-order valence-electron chi connectivity index (χ4n) is 3.52. The Balaban J connectivity index is 1.35. The molecule has 0 saturated carbocycles. The summed E-state index contributed by atoms with van der Waals surface area (Å²) in [6.45, 7) is 2.71. The first-order chi connectivity index (χ1) is 12.2. The van der Waals surface area contributed by atoms with Crippen molar-refractivity contribution in [2.45, 2.75) is 25.8 Å². The molecule has 1 aromatic heterocycles. The molecule has 0 spiro atoms. The van der Waals surface area contributed by atoms with Crippen molar-refractivity contribution in [3.05, 3.63) is 71.2 Å². The molecule has 4 rings (SSSR count). The molecule has 2 heterocycles. The number of carbonyl (C=O) groups excluding carboxylic acids is 1. The maximum absolute atomic E-state index is 12.9. The smallest absolute Gasteiger partial charge is 0.162 e. The predicted octanol–water partition coefficient (Wildman–Crippen LogP) is 4.59. The van der Waals surface area contributed by atoms with Crippen molar-refractivity contribution in [1.29, 1.82) is 0 Å². The first-order valence-corrected chi connectivity index (χ1v) is 8.71. The van der Waals surface area contributed by atoms with Crippen LogP contribution in [0.15, 0.2) is 52.9 Å². The number of carbonyl (C=O) groups is 1. The molecule has 1 aliphatic heterocycles. The van der Waals surface area contributed by atoms with Gasteiger partial charge in [0.15, 0.2) is 5.78 Å². The SMILES string of the molecule is O=C(CCCN1CCc2oc3ccccc3c2C1)c1ccc(F)cc1. The monoisotopic (exact) mass is 337 g/mol. The number of Topliss-reactive ketones (excluding diaryl/α,β-unsaturated/α-hetero) is 1. The summed E-state index contributed by atoms with van der Waals surface area (Å²) in [7, 11) is 0. The van der Waals surface area contributed by atoms with Crippen molar-refractivity contribution in [1.82, 2.24) is 4.90 Å². The van der Waals surface area contributed by atoms with Gasteiger partial charge in [0, 0.05) is 42.4 Å². The fraction of sp³-hybridized carbons (Fsp3) is 0.286. The molecule has 25 heavy (non-hydrogen) atoms. The number of halogens is 1. The molecule has 0 amide bonds. The Morgan fingerprint density at radius 2 is 1.92 bits per heavy atom. The molecule has 4 heteroatoms. The Morgan fingerprint density at radius 1 is 1.12 bits per heavy atom. The highest BCUT2D eigenvalue weighted by Gasteiger charge is 2.22. The molecule has 2 aromatic carbocycles. The number of hydrogen-bond acceptors (Lipinski definition) is 3. The van der Waals surface area contributed by atoms with E-state index in [1.807, 2.05) is 18.2 Å². The van der Waals surface area contributed by atoms with Gasteiger partial charge in [-0.05, 0) is 43.3 Å². The van der Waals surface area contributed by atoms with E-state index in [4.69, 9.17) is 4.42 Å². The lowest BCUT2D eigenvalue weighted by Crippen LogP contribution is -2.31. The Labute approximate surface area is 146 Å². The first kappa shape index (κ1) is 16.0. The van der Waals surface area contributed by atoms with E-state index in [1.165, 1.54) is 23.1 Å². The van der Waals surface area contributed by atoms with E-state index in [9.17, 15) is 9.18 Å². The minimum atomic E-state index is -0.312. The molecule has 0 fully saturated rings. The molecule has 0 radical (unpaired) electrons. The molecule has 3 nitrogen and oxygen atoms in total. The minimum absolute atomic E-state index is 0.0754. The normalized spacial score (nSPS) is 14.6. The minimum Gasteiger partial charge on any atom is -0.461 e. The summed E-state index contributed by atoms with van der Waals surface area (Å²) >= 11 is 0. The van der Waals surface area contributed by atoms with E-state index in [-0.39, 0.29) is 11.6 Å². The zero-order valence-electron chi connectivity index (χ0n) is 14.0. The quantitative estimate of drug-likeness (QED) is 0.638. The topological polar surface area (TPSA) is 33.5 Å². The predicted molar refractivity (Wildman–Crippen MR) is 95.2 cm³/mol. The summed E-state index contributed by atoms with van der Waals surface area (Å²) < 4.78 is 18.9. The van der Waals surface area contributed by atoms with Crippen LogP contribution in [-0.2, 0) is 13.0 Å². The van der Waals surface area contributed by atoms with E-state index in [2.05, 4.69) is 11.0 Å². The van der Waals surface area contributed by atoms with Crippen LogP contribution in [0.4, 0.5) is 4.39 Å². The Hall–Kier alpha value is -2.46. The van der Waals surface area contributed by atoms with Crippen molar-refractivity contribution < 1.29 is 13.6 Å². The molecule has 128 valence electrons. The van der Waals surface area contributed by atoms with E-state index in [0.717, 1.165) is 43.8 Å². The van der Waals surface area contributed by atoms with Gasteiger partial charge in [-0.3, -0.25) is 9.69 Å². The van der Waals surface area contributed by atoms with Gasteiger partial charge >= 0.3 is 0 Å². The lowest BCUT2D eigenvalue weighted by atomic mass is 10.0. The number of furan rings is 1. The van der Waals surface area contributed by atoms with Gasteiger partial charge in [0.25, 0.3) is 0 Å². The van der Waals surface area contributed by atoms with Crippen molar-refractivity contribution in [3.8, 4) is 0 Å². The summed E-state index contributed by atoms with van der Waals surface area (Å²) in [5.41, 5.74) is 2.83. The third-order valence-corrected chi connectivity index (χ3v) is 4.86. The standard InChI is InChI=1S/C21H20FNO2/c22-16-9-7-15(8-10-16)19(24)5-3-12-23-13-11-21-18(14-23)17-4-1-2-6-20(17)25-21/h1-2,4,6-10H,3,5,11-14H2. The Kier molecular flexibility index (Phi) is 4.36. The molecular formula is C21H20FNO2. The first-order valence-electron chi connectivity index (χ1n) is 8.71. The van der Waals surface area contributed by atoms with Gasteiger partial charge in [-0.25, -0.2) is 4.39 Å². The van der Waals surface area contributed by atoms with E-state index >= 15 is 0 Å². The molecule has 3 aromatic rings. The summed E-state index contributed by atoms with van der Waals surface area (Å²) in [5, 5.41) is 1.20. The van der Waals surface area contributed by atoms with Crippen LogP contribution in [0.25, 0.3) is 11.0 Å². The van der Waals surface area contributed by atoms with Crippen molar-refractivity contribution in [3.63, 3.8) is 0 Å². The van der Waals surface area contributed by atoms with Gasteiger partial charge in [0.05, 0.1) is 0 Å². The average Bonchev–Trinajstić information content (AvgIpc) is 3.00. The molecule has 0 N–H and O–H groups in total. The number of rotatable bonds is 5. The van der Waals surface area contributed by atoms with Crippen LogP contribution in [0.5, 0.6) is 0 Å². The second-order valence-electron chi connectivity index (χ2n) is 6.56. The third kappa shape index (κ3) is 3.35. The zero-order valence-corrected chi connectivity index (χ0v) is 14.0. The highest BCUT2D eigenvalue weighted by Crippen LogP contribution is 2.30. The second kappa shape index (κ2) is 6.81. The molecule has 0 atom stereocenters. The van der Waals surface area contributed by atoms with Gasteiger partial charge in [-0.2, -0.15) is 0 Å². The third-order valence-electron chi connectivity index (χ3n) is 4.86. The fourth-order valence-corrected chi connectivity index (χ4v) is 3.52. The number of para-hydroxylation sites is 1.